The summed E-state index contributed by atoms with van der Waals surface area (Å²) in [7, 11) is 0. The molecule has 2 aromatic carbocycles. The van der Waals surface area contributed by atoms with Crippen molar-refractivity contribution in [2.45, 2.75) is 6.92 Å². The molecule has 3 heterocycles. The van der Waals surface area contributed by atoms with Crippen LogP contribution in [0.4, 0.5) is 10.8 Å². The number of hydrogen-bond acceptors (Lipinski definition) is 7. The van der Waals surface area contributed by atoms with Gasteiger partial charge in [-0.3, -0.25) is 9.89 Å². The van der Waals surface area contributed by atoms with E-state index in [1.165, 1.54) is 27.4 Å². The average molecular weight is 497 g/mol. The van der Waals surface area contributed by atoms with E-state index in [1.807, 2.05) is 85.1 Å². The van der Waals surface area contributed by atoms with Gasteiger partial charge >= 0.3 is 5.56 Å². The van der Waals surface area contributed by atoms with Crippen molar-refractivity contribution >= 4 is 49.3 Å². The summed E-state index contributed by atoms with van der Waals surface area (Å²) in [6.07, 6.45) is 7.24. The van der Waals surface area contributed by atoms with E-state index >= 15 is 0 Å². The van der Waals surface area contributed by atoms with Gasteiger partial charge in [0.1, 0.15) is 0 Å². The normalized spacial score (nSPS) is 12.3. The minimum absolute atomic E-state index is 0.173. The quantitative estimate of drug-likeness (QED) is 0.187. The number of thiazole rings is 2. The molecule has 0 saturated carbocycles. The second-order valence-electron chi connectivity index (χ2n) is 7.38. The van der Waals surface area contributed by atoms with E-state index in [4.69, 9.17) is 0 Å². The lowest BCUT2D eigenvalue weighted by Crippen LogP contribution is -2.13. The van der Waals surface area contributed by atoms with E-state index in [9.17, 15) is 4.79 Å². The van der Waals surface area contributed by atoms with Crippen LogP contribution in [0.5, 0.6) is 0 Å². The molecule has 0 aliphatic carbocycles. The predicted molar refractivity (Wildman–Crippen MR) is 144 cm³/mol. The van der Waals surface area contributed by atoms with E-state index in [2.05, 4.69) is 31.9 Å². The molecule has 35 heavy (non-hydrogen) atoms. The van der Waals surface area contributed by atoms with Gasteiger partial charge in [-0.1, -0.05) is 84.7 Å². The van der Waals surface area contributed by atoms with Gasteiger partial charge in [-0.25, -0.2) is 9.97 Å². The number of aromatic nitrogens is 4. The molecule has 5 rings (SSSR count). The number of allylic oxidation sites excluding steroid dienone is 5. The van der Waals surface area contributed by atoms with E-state index in [-0.39, 0.29) is 11.2 Å². The van der Waals surface area contributed by atoms with Crippen molar-refractivity contribution < 1.29 is 0 Å². The van der Waals surface area contributed by atoms with Crippen molar-refractivity contribution in [2.75, 3.05) is 0 Å². The highest BCUT2D eigenvalue weighted by Gasteiger charge is 2.19. The van der Waals surface area contributed by atoms with Gasteiger partial charge in [0.25, 0.3) is 0 Å². The third-order valence-electron chi connectivity index (χ3n) is 5.07. The number of fused-ring (bicyclic) bond motifs is 1. The van der Waals surface area contributed by atoms with Gasteiger partial charge in [-0.2, -0.15) is 4.68 Å². The van der Waals surface area contributed by atoms with E-state index in [0.29, 0.717) is 16.0 Å². The standard InChI is InChI=1S/C26H20N6OS2/c1-3-10-18(11-4-2)22-23(29-30-25-27-19-14-8-9-15-21(19)35-25)24(33)32(31-22)26-28-20(16-34-26)17-12-6-5-7-13-17/h3-16,31H,1H2,2H3/b11-4-,18-10+,30-29?. The van der Waals surface area contributed by atoms with Crippen LogP contribution in [0.3, 0.4) is 0 Å². The van der Waals surface area contributed by atoms with E-state index in [0.717, 1.165) is 27.0 Å². The number of aromatic amines is 1. The van der Waals surface area contributed by atoms with Gasteiger partial charge in [0.05, 0.1) is 21.6 Å². The topological polar surface area (TPSA) is 88.3 Å². The summed E-state index contributed by atoms with van der Waals surface area (Å²) < 4.78 is 2.41. The smallest absolute Gasteiger partial charge is 0.286 e. The molecule has 0 saturated heterocycles. The van der Waals surface area contributed by atoms with E-state index in [1.54, 1.807) is 6.08 Å². The number of H-pyrrole nitrogens is 1. The fraction of sp³-hybridized carbons (Fsp3) is 0.0385. The Balaban J connectivity index is 1.61. The fourth-order valence-electron chi connectivity index (χ4n) is 3.49. The van der Waals surface area contributed by atoms with E-state index < -0.39 is 0 Å². The summed E-state index contributed by atoms with van der Waals surface area (Å²) in [6.45, 7) is 5.70. The molecule has 0 bridgehead atoms. The number of nitrogens with zero attached hydrogens (tertiary/aromatic N) is 5. The van der Waals surface area contributed by atoms with Gasteiger partial charge in [-0.15, -0.1) is 21.6 Å². The Morgan fingerprint density at radius 3 is 2.66 bits per heavy atom. The maximum atomic E-state index is 13.5. The number of azo groups is 1. The zero-order chi connectivity index (χ0) is 24.2. The van der Waals surface area contributed by atoms with Crippen LogP contribution >= 0.6 is 22.7 Å². The summed E-state index contributed by atoms with van der Waals surface area (Å²) in [5.41, 5.74) is 3.71. The lowest BCUT2D eigenvalue weighted by molar-refractivity contribution is 0.835. The minimum Gasteiger partial charge on any atom is -0.286 e. The zero-order valence-electron chi connectivity index (χ0n) is 18.8. The summed E-state index contributed by atoms with van der Waals surface area (Å²) in [6, 6.07) is 17.6. The largest absolute Gasteiger partial charge is 0.301 e. The van der Waals surface area contributed by atoms with Crippen LogP contribution in [0, 0.1) is 0 Å². The predicted octanol–water partition coefficient (Wildman–Crippen LogP) is 7.46. The van der Waals surface area contributed by atoms with Gasteiger partial charge in [0.2, 0.25) is 10.3 Å². The molecule has 5 aromatic rings. The Morgan fingerprint density at radius 2 is 1.89 bits per heavy atom. The van der Waals surface area contributed by atoms with Crippen molar-refractivity contribution in [3.05, 3.63) is 107 Å². The van der Waals surface area contributed by atoms with Crippen LogP contribution < -0.4 is 5.56 Å². The third-order valence-corrected chi connectivity index (χ3v) is 6.82. The molecule has 172 valence electrons. The van der Waals surface area contributed by atoms with Gasteiger partial charge in [0.15, 0.2) is 5.69 Å². The highest BCUT2D eigenvalue weighted by molar-refractivity contribution is 7.21. The molecule has 3 aromatic heterocycles. The Bertz CT molecular complexity index is 1620. The van der Waals surface area contributed by atoms with Gasteiger partial charge in [0, 0.05) is 16.5 Å². The molecule has 0 spiro atoms. The molecule has 9 heteroatoms. The first kappa shape index (κ1) is 22.6. The number of rotatable bonds is 7. The molecule has 0 fully saturated rings. The molecular weight excluding hydrogens is 476 g/mol. The van der Waals surface area contributed by atoms with Crippen molar-refractivity contribution in [2.24, 2.45) is 10.2 Å². The first-order chi connectivity index (χ1) is 17.2. The average Bonchev–Trinajstić information content (AvgIpc) is 3.60. The molecule has 1 N–H and O–H groups in total. The summed E-state index contributed by atoms with van der Waals surface area (Å²) in [5.74, 6) is 0. The van der Waals surface area contributed by atoms with Crippen LogP contribution in [-0.4, -0.2) is 19.7 Å². The number of nitrogens with one attached hydrogen (secondary N) is 1. The molecule has 0 radical (unpaired) electrons. The second-order valence-corrected chi connectivity index (χ2v) is 9.22. The number of hydrogen-bond donors (Lipinski definition) is 1. The fourth-order valence-corrected chi connectivity index (χ4v) is 5.07. The Hall–Kier alpha value is -4.21. The second kappa shape index (κ2) is 9.96. The van der Waals surface area contributed by atoms with Crippen molar-refractivity contribution in [3.63, 3.8) is 0 Å². The van der Waals surface area contributed by atoms with Crippen molar-refractivity contribution in [1.29, 1.82) is 0 Å². The first-order valence-corrected chi connectivity index (χ1v) is 12.5. The summed E-state index contributed by atoms with van der Waals surface area (Å²) >= 11 is 2.79. The van der Waals surface area contributed by atoms with Crippen LogP contribution in [0.25, 0.3) is 32.2 Å². The molecule has 0 atom stereocenters. The van der Waals surface area contributed by atoms with Crippen molar-refractivity contribution in [1.82, 2.24) is 19.7 Å². The Kier molecular flexibility index (Phi) is 6.42. The molecule has 7 nitrogen and oxygen atoms in total. The van der Waals surface area contributed by atoms with Crippen LogP contribution in [0.2, 0.25) is 0 Å². The minimum atomic E-state index is -0.349. The lowest BCUT2D eigenvalue weighted by Gasteiger charge is -1.99. The maximum absolute atomic E-state index is 13.5. The van der Waals surface area contributed by atoms with Crippen molar-refractivity contribution in [3.8, 4) is 16.4 Å². The zero-order valence-corrected chi connectivity index (χ0v) is 20.4. The molecule has 0 amide bonds. The first-order valence-electron chi connectivity index (χ1n) is 10.8. The van der Waals surface area contributed by atoms with Crippen LogP contribution in [0.1, 0.15) is 12.6 Å². The van der Waals surface area contributed by atoms with Crippen LogP contribution in [0.15, 0.2) is 106 Å². The molecule has 0 aliphatic heterocycles. The highest BCUT2D eigenvalue weighted by atomic mass is 32.1. The Morgan fingerprint density at radius 1 is 1.09 bits per heavy atom. The summed E-state index contributed by atoms with van der Waals surface area (Å²) in [5, 5.41) is 14.7. The van der Waals surface area contributed by atoms with Gasteiger partial charge in [-0.05, 0) is 19.1 Å². The SMILES string of the molecule is C=C/C=C(\C=C/C)c1[nH]n(-c2nc(-c3ccccc3)cs2)c(=O)c1N=Nc1nc2ccccc2s1. The highest BCUT2D eigenvalue weighted by Crippen LogP contribution is 2.31. The number of benzene rings is 2. The molecule has 0 aliphatic rings. The monoisotopic (exact) mass is 496 g/mol. The maximum Gasteiger partial charge on any atom is 0.301 e. The third kappa shape index (κ3) is 4.59. The lowest BCUT2D eigenvalue weighted by atomic mass is 10.1. The van der Waals surface area contributed by atoms with Gasteiger partial charge < -0.3 is 0 Å². The number of para-hydroxylation sites is 1. The van der Waals surface area contributed by atoms with Crippen LogP contribution in [-0.2, 0) is 0 Å². The molecule has 0 unspecified atom stereocenters. The summed E-state index contributed by atoms with van der Waals surface area (Å²) in [4.78, 5) is 22.7. The molecular formula is C26H20N6OS2. The Labute approximate surface area is 209 Å².